The van der Waals surface area contributed by atoms with Crippen molar-refractivity contribution in [2.45, 2.75) is 27.3 Å². The zero-order chi connectivity index (χ0) is 17.7. The lowest BCUT2D eigenvalue weighted by atomic mass is 10.1. The lowest BCUT2D eigenvalue weighted by molar-refractivity contribution is 0.552. The van der Waals surface area contributed by atoms with Gasteiger partial charge in [-0.05, 0) is 61.7 Å². The Labute approximate surface area is 154 Å². The average Bonchev–Trinajstić information content (AvgIpc) is 2.54. The first-order chi connectivity index (χ1) is 11.4. The van der Waals surface area contributed by atoms with Crippen molar-refractivity contribution < 1.29 is 0 Å². The number of aryl methyl sites for hydroxylation is 2. The van der Waals surface area contributed by atoms with Gasteiger partial charge in [0.1, 0.15) is 0 Å². The van der Waals surface area contributed by atoms with Crippen LogP contribution >= 0.6 is 23.2 Å². The molecule has 0 unspecified atom stereocenters. The van der Waals surface area contributed by atoms with Crippen LogP contribution in [0.5, 0.6) is 0 Å². The van der Waals surface area contributed by atoms with E-state index in [2.05, 4.69) is 43.2 Å². The molecule has 0 amide bonds. The minimum absolute atomic E-state index is 0.648. The highest BCUT2D eigenvalue weighted by atomic mass is 35.5. The highest BCUT2D eigenvalue weighted by molar-refractivity contribution is 6.35. The van der Waals surface area contributed by atoms with E-state index in [1.807, 2.05) is 30.4 Å². The van der Waals surface area contributed by atoms with Gasteiger partial charge in [-0.1, -0.05) is 29.3 Å². The predicted octanol–water partition coefficient (Wildman–Crippen LogP) is 5.83. The van der Waals surface area contributed by atoms with Gasteiger partial charge in [-0.2, -0.15) is 0 Å². The Bertz CT molecular complexity index is 742. The van der Waals surface area contributed by atoms with E-state index in [-0.39, 0.29) is 0 Å². The van der Waals surface area contributed by atoms with Crippen LogP contribution in [0.25, 0.3) is 0 Å². The van der Waals surface area contributed by atoms with E-state index < -0.39 is 0 Å². The largest absolute Gasteiger partial charge is 0.381 e. The maximum absolute atomic E-state index is 6.23. The summed E-state index contributed by atoms with van der Waals surface area (Å²) < 4.78 is 0. The summed E-state index contributed by atoms with van der Waals surface area (Å²) >= 11 is 12.2. The Morgan fingerprint density at radius 2 is 1.88 bits per heavy atom. The highest BCUT2D eigenvalue weighted by Crippen LogP contribution is 2.28. The van der Waals surface area contributed by atoms with Crippen molar-refractivity contribution in [1.29, 1.82) is 0 Å². The van der Waals surface area contributed by atoms with Crippen LogP contribution in [0, 0.1) is 13.8 Å². The number of anilines is 1. The Morgan fingerprint density at radius 3 is 2.54 bits per heavy atom. The lowest BCUT2D eigenvalue weighted by Gasteiger charge is -2.14. The Hall–Kier alpha value is -1.71. The molecule has 3 nitrogen and oxygen atoms in total. The fraction of sp³-hybridized carbons (Fsp3) is 0.316. The molecule has 24 heavy (non-hydrogen) atoms. The molecule has 0 aliphatic rings. The molecule has 0 atom stereocenters. The number of hydrogen-bond acceptors (Lipinski definition) is 2. The summed E-state index contributed by atoms with van der Waals surface area (Å²) in [5.74, 6) is 0. The van der Waals surface area contributed by atoms with Gasteiger partial charge in [-0.15, -0.1) is 0 Å². The zero-order valence-electron chi connectivity index (χ0n) is 14.5. The number of aliphatic imine (C=N–C) groups is 1. The van der Waals surface area contributed by atoms with Crippen molar-refractivity contribution in [2.75, 3.05) is 18.9 Å². The standard InChI is InChI=1S/C19H23Cl2N3/c1-5-24(4)12-23-19-9-13(2)18(8-14(19)3)22-11-15-6-7-16(20)10-17(15)21/h6-10,12,22H,5,11H2,1-4H3. The molecule has 2 rings (SSSR count). The SMILES string of the molecule is CCN(C)C=Nc1cc(C)c(NCc2ccc(Cl)cc2Cl)cc1C. The second-order valence-corrected chi connectivity index (χ2v) is 6.70. The number of benzene rings is 2. The maximum Gasteiger partial charge on any atom is 0.0909 e. The molecule has 0 bridgehead atoms. The number of halogens is 2. The molecule has 0 radical (unpaired) electrons. The number of rotatable bonds is 6. The first-order valence-electron chi connectivity index (χ1n) is 7.94. The van der Waals surface area contributed by atoms with E-state index in [4.69, 9.17) is 23.2 Å². The van der Waals surface area contributed by atoms with Crippen LogP contribution < -0.4 is 5.32 Å². The maximum atomic E-state index is 6.23. The number of nitrogens with one attached hydrogen (secondary N) is 1. The lowest BCUT2D eigenvalue weighted by Crippen LogP contribution is -2.14. The first kappa shape index (κ1) is 18.6. The van der Waals surface area contributed by atoms with Crippen LogP contribution in [0.1, 0.15) is 23.6 Å². The van der Waals surface area contributed by atoms with E-state index in [1.54, 1.807) is 6.07 Å². The quantitative estimate of drug-likeness (QED) is 0.516. The summed E-state index contributed by atoms with van der Waals surface area (Å²) in [5.41, 5.74) is 5.37. The van der Waals surface area contributed by atoms with Gasteiger partial charge in [-0.3, -0.25) is 0 Å². The van der Waals surface area contributed by atoms with E-state index >= 15 is 0 Å². The molecule has 0 aliphatic heterocycles. The Balaban J connectivity index is 2.14. The fourth-order valence-corrected chi connectivity index (χ4v) is 2.70. The highest BCUT2D eigenvalue weighted by Gasteiger charge is 2.06. The number of hydrogen-bond donors (Lipinski definition) is 1. The van der Waals surface area contributed by atoms with Crippen LogP contribution in [-0.2, 0) is 6.54 Å². The smallest absolute Gasteiger partial charge is 0.0909 e. The van der Waals surface area contributed by atoms with Crippen molar-refractivity contribution >= 4 is 40.9 Å². The third-order valence-electron chi connectivity index (χ3n) is 3.92. The topological polar surface area (TPSA) is 27.6 Å². The third-order valence-corrected chi connectivity index (χ3v) is 4.51. The molecular weight excluding hydrogens is 341 g/mol. The third kappa shape index (κ3) is 4.89. The monoisotopic (exact) mass is 363 g/mol. The van der Waals surface area contributed by atoms with Crippen molar-refractivity contribution in [1.82, 2.24) is 4.90 Å². The van der Waals surface area contributed by atoms with E-state index in [9.17, 15) is 0 Å². The molecule has 5 heteroatoms. The summed E-state index contributed by atoms with van der Waals surface area (Å²) in [6, 6.07) is 9.78. The summed E-state index contributed by atoms with van der Waals surface area (Å²) in [6.45, 7) is 7.83. The molecule has 128 valence electrons. The molecule has 0 aliphatic carbocycles. The summed E-state index contributed by atoms with van der Waals surface area (Å²) in [7, 11) is 2.01. The minimum Gasteiger partial charge on any atom is -0.381 e. The zero-order valence-corrected chi connectivity index (χ0v) is 16.0. The summed E-state index contributed by atoms with van der Waals surface area (Å²) in [5, 5.41) is 4.77. The average molecular weight is 364 g/mol. The molecule has 0 fully saturated rings. The van der Waals surface area contributed by atoms with Crippen molar-refractivity contribution in [3.8, 4) is 0 Å². The van der Waals surface area contributed by atoms with E-state index in [0.717, 1.165) is 34.6 Å². The molecule has 2 aromatic carbocycles. The van der Waals surface area contributed by atoms with Gasteiger partial charge in [0, 0.05) is 35.9 Å². The second kappa shape index (κ2) is 8.41. The van der Waals surface area contributed by atoms with Crippen molar-refractivity contribution in [2.24, 2.45) is 4.99 Å². The van der Waals surface area contributed by atoms with Crippen LogP contribution in [0.15, 0.2) is 35.3 Å². The molecule has 1 N–H and O–H groups in total. The van der Waals surface area contributed by atoms with Gasteiger partial charge >= 0.3 is 0 Å². The Kier molecular flexibility index (Phi) is 6.52. The van der Waals surface area contributed by atoms with E-state index in [1.165, 1.54) is 0 Å². The van der Waals surface area contributed by atoms with Gasteiger partial charge in [0.2, 0.25) is 0 Å². The minimum atomic E-state index is 0.648. The van der Waals surface area contributed by atoms with Gasteiger partial charge < -0.3 is 10.2 Å². The van der Waals surface area contributed by atoms with Crippen LogP contribution in [0.4, 0.5) is 11.4 Å². The molecule has 2 aromatic rings. The van der Waals surface area contributed by atoms with Gasteiger partial charge in [-0.25, -0.2) is 4.99 Å². The molecule has 0 saturated heterocycles. The molecule has 0 spiro atoms. The second-order valence-electron chi connectivity index (χ2n) is 5.86. The first-order valence-corrected chi connectivity index (χ1v) is 8.69. The fourth-order valence-electron chi connectivity index (χ4n) is 2.23. The normalized spacial score (nSPS) is 11.1. The summed E-state index contributed by atoms with van der Waals surface area (Å²) in [6.07, 6.45) is 1.86. The van der Waals surface area contributed by atoms with Gasteiger partial charge in [0.05, 0.1) is 12.0 Å². The number of nitrogens with zero attached hydrogens (tertiary/aromatic N) is 2. The van der Waals surface area contributed by atoms with Crippen molar-refractivity contribution in [3.05, 3.63) is 57.1 Å². The Morgan fingerprint density at radius 1 is 1.12 bits per heavy atom. The van der Waals surface area contributed by atoms with Crippen LogP contribution in [0.2, 0.25) is 10.0 Å². The van der Waals surface area contributed by atoms with Gasteiger partial charge in [0.25, 0.3) is 0 Å². The molecular formula is C19H23Cl2N3. The predicted molar refractivity (Wildman–Crippen MR) is 106 cm³/mol. The van der Waals surface area contributed by atoms with Crippen LogP contribution in [-0.4, -0.2) is 24.8 Å². The van der Waals surface area contributed by atoms with E-state index in [0.29, 0.717) is 16.6 Å². The molecule has 0 aromatic heterocycles. The molecule has 0 heterocycles. The summed E-state index contributed by atoms with van der Waals surface area (Å²) in [4.78, 5) is 6.60. The van der Waals surface area contributed by atoms with Crippen LogP contribution in [0.3, 0.4) is 0 Å². The molecule has 0 saturated carbocycles. The van der Waals surface area contributed by atoms with Crippen molar-refractivity contribution in [3.63, 3.8) is 0 Å². The van der Waals surface area contributed by atoms with Gasteiger partial charge in [0.15, 0.2) is 0 Å².